The maximum Gasteiger partial charge on any atom is 0.261 e. The van der Waals surface area contributed by atoms with Gasteiger partial charge in [-0.25, -0.2) is 8.42 Å². The molecule has 0 radical (unpaired) electrons. The molecule has 0 unspecified atom stereocenters. The molecule has 87 heavy (non-hydrogen) atoms. The molecule has 8 aliphatic rings. The highest BCUT2D eigenvalue weighted by Crippen LogP contribution is 2.57. The fourth-order valence-electron chi connectivity index (χ4n) is 16.4. The van der Waals surface area contributed by atoms with Gasteiger partial charge >= 0.3 is 0 Å². The van der Waals surface area contributed by atoms with Crippen LogP contribution in [0.3, 0.4) is 0 Å². The lowest BCUT2D eigenvalue weighted by Crippen LogP contribution is -2.72. The van der Waals surface area contributed by atoms with Crippen molar-refractivity contribution in [2.45, 2.75) is 249 Å². The summed E-state index contributed by atoms with van der Waals surface area (Å²) in [6.07, 6.45) is 1.07. The molecule has 18 atom stereocenters. The third kappa shape index (κ3) is 11.7. The number of hydrogen-bond donors (Lipinski definition) is 1. The Labute approximate surface area is 516 Å². The number of sulfone groups is 1. The van der Waals surface area contributed by atoms with E-state index in [2.05, 4.69) is 102 Å². The molecule has 8 aliphatic heterocycles. The van der Waals surface area contributed by atoms with Gasteiger partial charge < -0.3 is 56.9 Å². The Morgan fingerprint density at radius 1 is 0.598 bits per heavy atom. The molecule has 5 aromatic carbocycles. The molecule has 0 aliphatic carbocycles. The van der Waals surface area contributed by atoms with E-state index in [0.29, 0.717) is 58.3 Å². The van der Waals surface area contributed by atoms with Crippen molar-refractivity contribution in [2.24, 2.45) is 0 Å². The van der Waals surface area contributed by atoms with Crippen LogP contribution in [0.1, 0.15) is 130 Å². The highest BCUT2D eigenvalue weighted by Gasteiger charge is 2.71. The number of aliphatic hydroxyl groups excluding tert-OH is 1. The summed E-state index contributed by atoms with van der Waals surface area (Å²) in [6.45, 7) is 16.8. The zero-order chi connectivity index (χ0) is 60.5. The van der Waals surface area contributed by atoms with Crippen molar-refractivity contribution in [3.63, 3.8) is 0 Å². The number of fused-ring (bicyclic) bond motifs is 6. The normalized spacial score (nSPS) is 38.3. The first-order valence-corrected chi connectivity index (χ1v) is 35.5. The van der Waals surface area contributed by atoms with E-state index in [1.165, 1.54) is 0 Å². The predicted octanol–water partition coefficient (Wildman–Crippen LogP) is 10.5. The Bertz CT molecular complexity index is 3200. The van der Waals surface area contributed by atoms with Gasteiger partial charge in [0.05, 0.1) is 115 Å². The van der Waals surface area contributed by atoms with Gasteiger partial charge in [0.15, 0.2) is 0 Å². The molecule has 0 saturated carbocycles. The van der Waals surface area contributed by atoms with Crippen LogP contribution in [0.4, 0.5) is 0 Å². The van der Waals surface area contributed by atoms with Crippen molar-refractivity contribution in [1.82, 2.24) is 0 Å². The molecule has 16 heteroatoms. The molecule has 8 fully saturated rings. The maximum absolute atomic E-state index is 15.2. The Kier molecular flexibility index (Phi) is 17.1. The number of epoxide rings is 1. The quantitative estimate of drug-likeness (QED) is 0.0502. The van der Waals surface area contributed by atoms with Crippen LogP contribution in [0, 0.1) is 0 Å². The van der Waals surface area contributed by atoms with E-state index in [1.54, 1.807) is 30.3 Å². The predicted molar refractivity (Wildman–Crippen MR) is 332 cm³/mol. The zero-order valence-electron chi connectivity index (χ0n) is 51.7. The first-order chi connectivity index (χ1) is 41.7. The van der Waals surface area contributed by atoms with Crippen LogP contribution in [-0.4, -0.2) is 142 Å². The van der Waals surface area contributed by atoms with Gasteiger partial charge in [0, 0.05) is 51.6 Å². The summed E-state index contributed by atoms with van der Waals surface area (Å²) in [5.74, 6) is 0. The fraction of sp³-hybridized carbons (Fsp3) is 0.577. The SMILES string of the molecule is CC(C)(C)[Si](OC[C@@H]1O[C@]1(C[C@H]1O[C@@]2(C)C[C@@]3(C)O[C@H]4C[C@H]5O[C@H]6C[C@H]7O[C@@H](CCCOCc8ccccc8)C[C@H](OCc8ccccc8)[C@]7(C)O[C@]6(C)C[C@@H]5O[C@@H]4CC[C@@H]3O[C@@H]2C[C@@H]1O)S(=O)(=O)c1ccccc1)(c1ccccc1)c1ccccc1. The molecule has 13 rings (SSSR count). The molecule has 8 saturated heterocycles. The van der Waals surface area contributed by atoms with Crippen LogP contribution in [0.15, 0.2) is 157 Å². The monoisotopic (exact) mass is 1230 g/mol. The van der Waals surface area contributed by atoms with Gasteiger partial charge in [0.25, 0.3) is 8.32 Å². The van der Waals surface area contributed by atoms with Crippen LogP contribution >= 0.6 is 0 Å². The van der Waals surface area contributed by atoms with Crippen molar-refractivity contribution >= 4 is 28.5 Å². The molecule has 5 aromatic rings. The van der Waals surface area contributed by atoms with Gasteiger partial charge in [0.1, 0.15) is 11.7 Å². The van der Waals surface area contributed by atoms with Gasteiger partial charge in [0.2, 0.25) is 14.8 Å². The third-order valence-corrected chi connectivity index (χ3v) is 28.3. The van der Waals surface area contributed by atoms with Gasteiger partial charge in [-0.2, -0.15) is 0 Å². The number of ether oxygens (including phenoxy) is 10. The molecule has 1 N–H and O–H groups in total. The fourth-order valence-corrected chi connectivity index (χ4v) is 22.9. The molecule has 0 spiro atoms. The van der Waals surface area contributed by atoms with Crippen molar-refractivity contribution in [2.75, 3.05) is 13.2 Å². The maximum atomic E-state index is 15.2. The van der Waals surface area contributed by atoms with E-state index in [1.807, 2.05) is 67.6 Å². The summed E-state index contributed by atoms with van der Waals surface area (Å²) in [5, 5.41) is 14.0. The molecule has 14 nitrogen and oxygen atoms in total. The largest absolute Gasteiger partial charge is 0.405 e. The van der Waals surface area contributed by atoms with E-state index >= 15 is 8.42 Å². The van der Waals surface area contributed by atoms with Gasteiger partial charge in [-0.3, -0.25) is 0 Å². The average molecular weight is 1230 g/mol. The van der Waals surface area contributed by atoms with E-state index in [4.69, 9.17) is 51.8 Å². The highest BCUT2D eigenvalue weighted by molar-refractivity contribution is 7.93. The Hall–Kier alpha value is -4.21. The highest BCUT2D eigenvalue weighted by atomic mass is 32.2. The minimum Gasteiger partial charge on any atom is -0.405 e. The second-order valence-corrected chi connectivity index (χ2v) is 34.6. The van der Waals surface area contributed by atoms with Crippen LogP contribution in [0.2, 0.25) is 5.04 Å². The van der Waals surface area contributed by atoms with E-state index in [0.717, 1.165) is 40.8 Å². The minimum atomic E-state index is -4.17. The van der Waals surface area contributed by atoms with Crippen LogP contribution in [-0.2, 0) is 74.8 Å². The van der Waals surface area contributed by atoms with Crippen molar-refractivity contribution < 1.29 is 65.3 Å². The lowest BCUT2D eigenvalue weighted by Gasteiger charge is -2.62. The van der Waals surface area contributed by atoms with Crippen LogP contribution < -0.4 is 10.4 Å². The van der Waals surface area contributed by atoms with Gasteiger partial charge in [-0.15, -0.1) is 0 Å². The lowest BCUT2D eigenvalue weighted by molar-refractivity contribution is -0.373. The standard InChI is InChI=1S/C71H90O14SSi/c1-66(2,3)87(52-31-19-11-20-32-52,53-33-21-12-22-34-53)77-46-65-71(84-65,86(73,74)51-29-17-10-18-30-51)43-58-54(72)39-61-69(6,83-58)47-68(5)60(81-61)36-35-55-57(82-68)40-56-59(79-55)42-67(4)62(80-56)41-64-70(7,85-67)63(76-45-49-26-15-9-16-27-49)38-50(78-64)28-23-37-75-44-48-24-13-8-14-25-48/h8-22,24-27,29-34,50,54-65,72H,23,28,35-47H2,1-7H3/t50-,54-,55+,56+,57-,58+,59-,60-,61+,62-,63-,64+,65-,67+,68+,69-,70-,71+/m0/s1. The number of benzene rings is 5. The van der Waals surface area contributed by atoms with Crippen molar-refractivity contribution in [1.29, 1.82) is 0 Å². The second kappa shape index (κ2) is 24.1. The van der Waals surface area contributed by atoms with Gasteiger partial charge in [-0.1, -0.05) is 160 Å². The first kappa shape index (κ1) is 61.6. The number of hydrogen-bond acceptors (Lipinski definition) is 14. The van der Waals surface area contributed by atoms with Crippen LogP contribution in [0.5, 0.6) is 0 Å². The molecular weight excluding hydrogens is 1140 g/mol. The molecule has 468 valence electrons. The molecule has 0 amide bonds. The van der Waals surface area contributed by atoms with E-state index in [9.17, 15) is 5.11 Å². The summed E-state index contributed by atoms with van der Waals surface area (Å²) in [6, 6.07) is 49.7. The summed E-state index contributed by atoms with van der Waals surface area (Å²) >= 11 is 0. The summed E-state index contributed by atoms with van der Waals surface area (Å²) in [7, 11) is -7.27. The Morgan fingerprint density at radius 2 is 1.21 bits per heavy atom. The minimum absolute atomic E-state index is 0.0210. The van der Waals surface area contributed by atoms with Crippen LogP contribution in [0.25, 0.3) is 0 Å². The lowest BCUT2D eigenvalue weighted by atomic mass is 9.72. The van der Waals surface area contributed by atoms with E-state index < -0.39 is 69.9 Å². The third-order valence-electron chi connectivity index (χ3n) is 21.0. The van der Waals surface area contributed by atoms with Gasteiger partial charge in [-0.05, 0) is 92.0 Å². The zero-order valence-corrected chi connectivity index (χ0v) is 53.5. The molecule has 8 heterocycles. The Morgan fingerprint density at radius 3 is 1.86 bits per heavy atom. The summed E-state index contributed by atoms with van der Waals surface area (Å²) in [5.41, 5.74) is -0.875. The second-order valence-electron chi connectivity index (χ2n) is 28.1. The summed E-state index contributed by atoms with van der Waals surface area (Å²) < 4.78 is 108. The number of rotatable bonds is 18. The van der Waals surface area contributed by atoms with Crippen molar-refractivity contribution in [3.8, 4) is 0 Å². The van der Waals surface area contributed by atoms with E-state index in [-0.39, 0.29) is 84.3 Å². The smallest absolute Gasteiger partial charge is 0.261 e. The summed E-state index contributed by atoms with van der Waals surface area (Å²) in [4.78, 5) is -1.60. The average Bonchev–Trinajstić information content (AvgIpc) is 1.64. The van der Waals surface area contributed by atoms with Crippen molar-refractivity contribution in [3.05, 3.63) is 163 Å². The molecule has 0 aromatic heterocycles. The molecular formula is C71H90O14SSi. The Balaban J connectivity index is 0.701. The first-order valence-electron chi connectivity index (χ1n) is 32.1. The number of aliphatic hydroxyl groups is 1. The molecule has 0 bridgehead atoms. The topological polar surface area (TPSA) is 159 Å².